The van der Waals surface area contributed by atoms with Crippen molar-refractivity contribution in [3.63, 3.8) is 0 Å². The molecule has 0 radical (unpaired) electrons. The predicted molar refractivity (Wildman–Crippen MR) is 83.6 cm³/mol. The van der Waals surface area contributed by atoms with E-state index in [1.165, 1.54) is 0 Å². The van der Waals surface area contributed by atoms with Gasteiger partial charge < -0.3 is 16.0 Å². The van der Waals surface area contributed by atoms with Crippen molar-refractivity contribution in [1.82, 2.24) is 20.0 Å². The van der Waals surface area contributed by atoms with Crippen LogP contribution in [0, 0.1) is 12.8 Å². The van der Waals surface area contributed by atoms with Gasteiger partial charge in [0.2, 0.25) is 5.91 Å². The van der Waals surface area contributed by atoms with Crippen molar-refractivity contribution in [2.24, 2.45) is 18.7 Å². The number of halogens is 1. The van der Waals surface area contributed by atoms with E-state index in [4.69, 9.17) is 17.3 Å². The Hall–Kier alpha value is -1.60. The number of nitrogens with one attached hydrogen (secondary N) is 1. The highest BCUT2D eigenvalue weighted by atomic mass is 35.5. The lowest BCUT2D eigenvalue weighted by Crippen LogP contribution is -2.44. The van der Waals surface area contributed by atoms with Crippen LogP contribution in [0.2, 0.25) is 5.02 Å². The molecule has 2 amide bonds. The molecule has 8 heteroatoms. The smallest absolute Gasteiger partial charge is 0.273 e. The second-order valence-corrected chi connectivity index (χ2v) is 6.05. The number of nitrogens with zero attached hydrogens (tertiary/aromatic N) is 3. The fourth-order valence-electron chi connectivity index (χ4n) is 2.63. The van der Waals surface area contributed by atoms with Crippen molar-refractivity contribution in [2.75, 3.05) is 26.2 Å². The Labute approximate surface area is 134 Å². The van der Waals surface area contributed by atoms with Gasteiger partial charge in [-0.25, -0.2) is 0 Å². The van der Waals surface area contributed by atoms with E-state index >= 15 is 0 Å². The van der Waals surface area contributed by atoms with E-state index in [9.17, 15) is 9.59 Å². The van der Waals surface area contributed by atoms with Crippen molar-refractivity contribution in [3.05, 3.63) is 16.4 Å². The van der Waals surface area contributed by atoms with Gasteiger partial charge in [0.15, 0.2) is 5.69 Å². The Morgan fingerprint density at radius 3 is 2.82 bits per heavy atom. The first-order valence-corrected chi connectivity index (χ1v) is 7.77. The molecule has 0 saturated carbocycles. The molecule has 1 aromatic rings. The Balaban J connectivity index is 1.82. The third-order valence-corrected chi connectivity index (χ3v) is 4.55. The first kappa shape index (κ1) is 16.8. The summed E-state index contributed by atoms with van der Waals surface area (Å²) in [5, 5.41) is 7.30. The molecule has 0 unspecified atom stereocenters. The third kappa shape index (κ3) is 3.78. The molecule has 0 spiro atoms. The number of aromatic nitrogens is 2. The zero-order valence-corrected chi connectivity index (χ0v) is 13.7. The SMILES string of the molecule is Cc1c(Cl)c(C(=O)NCCN2CCC[C@H](C(N)=O)C2)nn1C. The molecule has 3 N–H and O–H groups in total. The van der Waals surface area contributed by atoms with Gasteiger partial charge in [0, 0.05) is 26.7 Å². The lowest BCUT2D eigenvalue weighted by atomic mass is 9.97. The minimum Gasteiger partial charge on any atom is -0.369 e. The number of rotatable bonds is 5. The monoisotopic (exact) mass is 327 g/mol. The number of nitrogens with two attached hydrogens (primary N) is 1. The summed E-state index contributed by atoms with van der Waals surface area (Å²) in [4.78, 5) is 25.5. The number of hydrogen-bond donors (Lipinski definition) is 2. The summed E-state index contributed by atoms with van der Waals surface area (Å²) >= 11 is 6.08. The van der Waals surface area contributed by atoms with Gasteiger partial charge in [-0.2, -0.15) is 5.10 Å². The van der Waals surface area contributed by atoms with E-state index in [1.54, 1.807) is 11.7 Å². The average molecular weight is 328 g/mol. The van der Waals surface area contributed by atoms with Gasteiger partial charge >= 0.3 is 0 Å². The Kier molecular flexibility index (Phi) is 5.42. The summed E-state index contributed by atoms with van der Waals surface area (Å²) in [6.07, 6.45) is 1.80. The van der Waals surface area contributed by atoms with Gasteiger partial charge in [-0.3, -0.25) is 14.3 Å². The van der Waals surface area contributed by atoms with Gasteiger partial charge in [-0.1, -0.05) is 11.6 Å². The molecule has 1 atom stereocenters. The van der Waals surface area contributed by atoms with Crippen LogP contribution < -0.4 is 11.1 Å². The zero-order valence-electron chi connectivity index (χ0n) is 12.9. The first-order valence-electron chi connectivity index (χ1n) is 7.39. The van der Waals surface area contributed by atoms with Gasteiger partial charge in [-0.05, 0) is 26.3 Å². The standard InChI is InChI=1S/C14H22ClN5O2/c1-9-11(15)12(18-19(9)2)14(22)17-5-7-20-6-3-4-10(8-20)13(16)21/h10H,3-8H2,1-2H3,(H2,16,21)(H,17,22)/t10-/m0/s1. The van der Waals surface area contributed by atoms with E-state index in [2.05, 4.69) is 15.3 Å². The van der Waals surface area contributed by atoms with Gasteiger partial charge in [0.05, 0.1) is 16.6 Å². The molecule has 0 aromatic carbocycles. The van der Waals surface area contributed by atoms with Crippen molar-refractivity contribution in [3.8, 4) is 0 Å². The predicted octanol–water partition coefficient (Wildman–Crippen LogP) is 0.309. The normalized spacial score (nSPS) is 19.1. The van der Waals surface area contributed by atoms with Gasteiger partial charge in [0.1, 0.15) is 0 Å². The van der Waals surface area contributed by atoms with E-state index in [0.717, 1.165) is 25.1 Å². The number of primary amides is 1. The second kappa shape index (κ2) is 7.11. The third-order valence-electron chi connectivity index (χ3n) is 4.10. The molecule has 1 aliphatic heterocycles. The van der Waals surface area contributed by atoms with Crippen LogP contribution in [0.3, 0.4) is 0 Å². The maximum atomic E-state index is 12.1. The van der Waals surface area contributed by atoms with Crippen LogP contribution in [-0.2, 0) is 11.8 Å². The highest BCUT2D eigenvalue weighted by molar-refractivity contribution is 6.34. The number of carbonyl (C=O) groups is 2. The molecular formula is C14H22ClN5O2. The fourth-order valence-corrected chi connectivity index (χ4v) is 2.88. The Morgan fingerprint density at radius 1 is 1.50 bits per heavy atom. The maximum Gasteiger partial charge on any atom is 0.273 e. The highest BCUT2D eigenvalue weighted by Gasteiger charge is 2.24. The molecule has 0 aliphatic carbocycles. The number of aryl methyl sites for hydroxylation is 1. The summed E-state index contributed by atoms with van der Waals surface area (Å²) in [6, 6.07) is 0. The topological polar surface area (TPSA) is 93.2 Å². The van der Waals surface area contributed by atoms with Crippen molar-refractivity contribution >= 4 is 23.4 Å². The molecule has 22 heavy (non-hydrogen) atoms. The molecule has 2 rings (SSSR count). The maximum absolute atomic E-state index is 12.1. The zero-order chi connectivity index (χ0) is 16.3. The molecule has 7 nitrogen and oxygen atoms in total. The highest BCUT2D eigenvalue weighted by Crippen LogP contribution is 2.19. The minimum atomic E-state index is -0.280. The number of piperidine rings is 1. The largest absolute Gasteiger partial charge is 0.369 e. The van der Waals surface area contributed by atoms with Crippen LogP contribution in [0.5, 0.6) is 0 Å². The quantitative estimate of drug-likeness (QED) is 0.814. The molecule has 1 aliphatic rings. The fraction of sp³-hybridized carbons (Fsp3) is 0.643. The van der Waals surface area contributed by atoms with Crippen LogP contribution >= 0.6 is 11.6 Å². The Morgan fingerprint density at radius 2 is 2.23 bits per heavy atom. The molecule has 0 bridgehead atoms. The number of amides is 2. The summed E-state index contributed by atoms with van der Waals surface area (Å²) < 4.78 is 1.58. The van der Waals surface area contributed by atoms with E-state index in [0.29, 0.717) is 24.7 Å². The average Bonchev–Trinajstić information content (AvgIpc) is 2.75. The minimum absolute atomic E-state index is 0.0858. The van der Waals surface area contributed by atoms with Gasteiger partial charge in [-0.15, -0.1) is 0 Å². The van der Waals surface area contributed by atoms with E-state index < -0.39 is 0 Å². The molecule has 122 valence electrons. The van der Waals surface area contributed by atoms with Crippen molar-refractivity contribution < 1.29 is 9.59 Å². The number of likely N-dealkylation sites (tertiary alicyclic amines) is 1. The van der Waals surface area contributed by atoms with Crippen molar-refractivity contribution in [2.45, 2.75) is 19.8 Å². The van der Waals surface area contributed by atoms with Crippen LogP contribution in [0.25, 0.3) is 0 Å². The van der Waals surface area contributed by atoms with Crippen LogP contribution in [0.15, 0.2) is 0 Å². The number of hydrogen-bond acceptors (Lipinski definition) is 4. The summed E-state index contributed by atoms with van der Waals surface area (Å²) in [6.45, 7) is 4.55. The Bertz CT molecular complexity index is 572. The van der Waals surface area contributed by atoms with Gasteiger partial charge in [0.25, 0.3) is 5.91 Å². The van der Waals surface area contributed by atoms with E-state index in [1.807, 2.05) is 6.92 Å². The molecule has 2 heterocycles. The summed E-state index contributed by atoms with van der Waals surface area (Å²) in [5.74, 6) is -0.612. The molecular weight excluding hydrogens is 306 g/mol. The molecule has 1 saturated heterocycles. The summed E-state index contributed by atoms with van der Waals surface area (Å²) in [7, 11) is 1.75. The molecule has 1 aromatic heterocycles. The first-order chi connectivity index (χ1) is 10.4. The second-order valence-electron chi connectivity index (χ2n) is 5.67. The molecule has 1 fully saturated rings. The van der Waals surface area contributed by atoms with Crippen molar-refractivity contribution in [1.29, 1.82) is 0 Å². The van der Waals surface area contributed by atoms with Crippen LogP contribution in [0.1, 0.15) is 29.0 Å². The van der Waals surface area contributed by atoms with Crippen LogP contribution in [-0.4, -0.2) is 52.7 Å². The summed E-state index contributed by atoms with van der Waals surface area (Å²) in [5.41, 5.74) is 6.36. The van der Waals surface area contributed by atoms with E-state index in [-0.39, 0.29) is 23.4 Å². The lowest BCUT2D eigenvalue weighted by Gasteiger charge is -2.30. The number of carbonyl (C=O) groups excluding carboxylic acids is 2. The van der Waals surface area contributed by atoms with Crippen LogP contribution in [0.4, 0.5) is 0 Å². The lowest BCUT2D eigenvalue weighted by molar-refractivity contribution is -0.123.